The van der Waals surface area contributed by atoms with Crippen LogP contribution in [0.4, 0.5) is 0 Å². The second kappa shape index (κ2) is 5.18. The van der Waals surface area contributed by atoms with Crippen molar-refractivity contribution in [2.75, 3.05) is 13.3 Å². The van der Waals surface area contributed by atoms with Crippen LogP contribution in [0.15, 0.2) is 36.4 Å². The second-order valence-corrected chi connectivity index (χ2v) is 6.11. The van der Waals surface area contributed by atoms with E-state index in [-0.39, 0.29) is 12.4 Å². The van der Waals surface area contributed by atoms with Crippen molar-refractivity contribution in [1.29, 1.82) is 0 Å². The van der Waals surface area contributed by atoms with Gasteiger partial charge < -0.3 is 9.47 Å². The minimum Gasteiger partial charge on any atom is -0.454 e. The van der Waals surface area contributed by atoms with Crippen LogP contribution in [0.2, 0.25) is 0 Å². The summed E-state index contributed by atoms with van der Waals surface area (Å²) in [7, 11) is 0. The molecule has 3 heterocycles. The predicted octanol–water partition coefficient (Wildman–Crippen LogP) is 3.49. The van der Waals surface area contributed by atoms with Gasteiger partial charge in [0.2, 0.25) is 6.79 Å². The van der Waals surface area contributed by atoms with Crippen molar-refractivity contribution in [3.05, 3.63) is 58.7 Å². The minimum absolute atomic E-state index is 0. The van der Waals surface area contributed by atoms with Crippen LogP contribution in [-0.2, 0) is 19.4 Å². The number of hydrogen-bond donors (Lipinski definition) is 0. The number of nitrogens with zero attached hydrogens (tertiary/aromatic N) is 1. The standard InChI is InChI=1S/C18H17NO2.ClH/c1-2-4-14-10-19-6-5-13-8-17-18(21-11-20-17)9-15(13)16(19)7-12(14)3-1;/h1-4,8-9,16H,5-7,10-11H2;1H. The summed E-state index contributed by atoms with van der Waals surface area (Å²) < 4.78 is 11.1. The van der Waals surface area contributed by atoms with Gasteiger partial charge in [0.25, 0.3) is 0 Å². The summed E-state index contributed by atoms with van der Waals surface area (Å²) in [5.41, 5.74) is 5.84. The first-order chi connectivity index (χ1) is 10.4. The zero-order valence-electron chi connectivity index (χ0n) is 12.2. The summed E-state index contributed by atoms with van der Waals surface area (Å²) in [6.45, 7) is 2.55. The average Bonchev–Trinajstić information content (AvgIpc) is 2.98. The molecule has 1 atom stereocenters. The van der Waals surface area contributed by atoms with Crippen molar-refractivity contribution in [2.24, 2.45) is 0 Å². The molecular formula is C18H18ClNO2. The van der Waals surface area contributed by atoms with Gasteiger partial charge in [-0.05, 0) is 47.2 Å². The molecule has 3 nitrogen and oxygen atoms in total. The predicted molar refractivity (Wildman–Crippen MR) is 86.8 cm³/mol. The third-order valence-electron chi connectivity index (χ3n) is 5.01. The number of benzene rings is 2. The van der Waals surface area contributed by atoms with E-state index >= 15 is 0 Å². The summed E-state index contributed by atoms with van der Waals surface area (Å²) in [6, 6.07) is 13.7. The van der Waals surface area contributed by atoms with Crippen molar-refractivity contribution in [3.8, 4) is 11.5 Å². The van der Waals surface area contributed by atoms with Gasteiger partial charge in [-0.3, -0.25) is 4.90 Å². The maximum absolute atomic E-state index is 5.57. The van der Waals surface area contributed by atoms with Crippen LogP contribution in [0.5, 0.6) is 11.5 Å². The summed E-state index contributed by atoms with van der Waals surface area (Å²) in [6.07, 6.45) is 2.20. The monoisotopic (exact) mass is 315 g/mol. The fourth-order valence-corrected chi connectivity index (χ4v) is 3.91. The van der Waals surface area contributed by atoms with E-state index in [4.69, 9.17) is 9.47 Å². The maximum atomic E-state index is 5.57. The first-order valence-electron chi connectivity index (χ1n) is 7.62. The van der Waals surface area contributed by atoms with Gasteiger partial charge in [-0.2, -0.15) is 0 Å². The quantitative estimate of drug-likeness (QED) is 0.743. The van der Waals surface area contributed by atoms with Crippen molar-refractivity contribution in [3.63, 3.8) is 0 Å². The van der Waals surface area contributed by atoms with E-state index < -0.39 is 0 Å². The Kier molecular flexibility index (Phi) is 3.28. The van der Waals surface area contributed by atoms with Crippen LogP contribution in [0.25, 0.3) is 0 Å². The molecule has 0 saturated heterocycles. The van der Waals surface area contributed by atoms with E-state index in [0.29, 0.717) is 12.8 Å². The maximum Gasteiger partial charge on any atom is 0.231 e. The Bertz CT molecular complexity index is 731. The minimum atomic E-state index is 0. The number of fused-ring (bicyclic) bond motifs is 5. The molecule has 4 heteroatoms. The molecule has 0 radical (unpaired) electrons. The third kappa shape index (κ3) is 2.00. The van der Waals surface area contributed by atoms with Gasteiger partial charge in [0, 0.05) is 19.1 Å². The van der Waals surface area contributed by atoms with Gasteiger partial charge in [0.15, 0.2) is 11.5 Å². The number of halogens is 1. The molecule has 22 heavy (non-hydrogen) atoms. The van der Waals surface area contributed by atoms with Crippen molar-refractivity contribution >= 4 is 12.4 Å². The topological polar surface area (TPSA) is 21.7 Å². The first-order valence-corrected chi connectivity index (χ1v) is 7.62. The normalized spacial score (nSPS) is 21.4. The third-order valence-corrected chi connectivity index (χ3v) is 5.01. The summed E-state index contributed by atoms with van der Waals surface area (Å²) in [5, 5.41) is 0. The van der Waals surface area contributed by atoms with E-state index in [2.05, 4.69) is 41.3 Å². The van der Waals surface area contributed by atoms with Crippen molar-refractivity contribution in [2.45, 2.75) is 25.4 Å². The molecule has 2 aromatic rings. The van der Waals surface area contributed by atoms with E-state index in [1.807, 2.05) is 0 Å². The highest BCUT2D eigenvalue weighted by Crippen LogP contribution is 2.43. The molecule has 0 aliphatic carbocycles. The second-order valence-electron chi connectivity index (χ2n) is 6.11. The summed E-state index contributed by atoms with van der Waals surface area (Å²) in [5.74, 6) is 1.83. The largest absolute Gasteiger partial charge is 0.454 e. The SMILES string of the molecule is Cl.c1ccc2c(c1)CC1c3cc4c(cc3CCN1C2)OCO4. The summed E-state index contributed by atoms with van der Waals surface area (Å²) in [4.78, 5) is 2.60. The zero-order chi connectivity index (χ0) is 13.8. The summed E-state index contributed by atoms with van der Waals surface area (Å²) >= 11 is 0. The molecule has 5 rings (SSSR count). The van der Waals surface area contributed by atoms with Crippen LogP contribution in [0, 0.1) is 0 Å². The van der Waals surface area contributed by atoms with Crippen LogP contribution in [0.3, 0.4) is 0 Å². The van der Waals surface area contributed by atoms with Crippen LogP contribution < -0.4 is 9.47 Å². The molecule has 0 N–H and O–H groups in total. The lowest BCUT2D eigenvalue weighted by atomic mass is 9.84. The molecule has 3 aliphatic rings. The molecular weight excluding hydrogens is 298 g/mol. The molecule has 114 valence electrons. The van der Waals surface area contributed by atoms with Crippen molar-refractivity contribution in [1.82, 2.24) is 4.90 Å². The molecule has 0 bridgehead atoms. The molecule has 1 unspecified atom stereocenters. The lowest BCUT2D eigenvalue weighted by molar-refractivity contribution is 0.160. The number of hydrogen-bond acceptors (Lipinski definition) is 3. The highest BCUT2D eigenvalue weighted by Gasteiger charge is 2.33. The Balaban J connectivity index is 0.00000125. The lowest BCUT2D eigenvalue weighted by Crippen LogP contribution is -2.39. The van der Waals surface area contributed by atoms with Gasteiger partial charge in [-0.15, -0.1) is 12.4 Å². The molecule has 0 saturated carbocycles. The van der Waals surface area contributed by atoms with E-state index in [1.54, 1.807) is 0 Å². The van der Waals surface area contributed by atoms with Gasteiger partial charge in [0.05, 0.1) is 0 Å². The molecule has 0 fully saturated rings. The Morgan fingerprint density at radius 1 is 0.955 bits per heavy atom. The van der Waals surface area contributed by atoms with Crippen molar-refractivity contribution < 1.29 is 9.47 Å². The fraction of sp³-hybridized carbons (Fsp3) is 0.333. The van der Waals surface area contributed by atoms with Crippen LogP contribution in [0.1, 0.15) is 28.3 Å². The highest BCUT2D eigenvalue weighted by atomic mass is 35.5. The Morgan fingerprint density at radius 3 is 2.59 bits per heavy atom. The van der Waals surface area contributed by atoms with E-state index in [9.17, 15) is 0 Å². The van der Waals surface area contributed by atoms with Gasteiger partial charge in [0.1, 0.15) is 0 Å². The first kappa shape index (κ1) is 13.9. The highest BCUT2D eigenvalue weighted by molar-refractivity contribution is 5.85. The average molecular weight is 316 g/mol. The van der Waals surface area contributed by atoms with Gasteiger partial charge in [-0.1, -0.05) is 24.3 Å². The van der Waals surface area contributed by atoms with Crippen LogP contribution in [-0.4, -0.2) is 18.2 Å². The lowest BCUT2D eigenvalue weighted by Gasteiger charge is -2.41. The van der Waals surface area contributed by atoms with E-state index in [0.717, 1.165) is 37.4 Å². The molecule has 3 aliphatic heterocycles. The molecule has 0 aromatic heterocycles. The molecule has 2 aromatic carbocycles. The Morgan fingerprint density at radius 2 is 1.73 bits per heavy atom. The molecule has 0 amide bonds. The zero-order valence-corrected chi connectivity index (χ0v) is 13.1. The Hall–Kier alpha value is -1.71. The smallest absolute Gasteiger partial charge is 0.231 e. The van der Waals surface area contributed by atoms with Gasteiger partial charge >= 0.3 is 0 Å². The van der Waals surface area contributed by atoms with E-state index in [1.165, 1.54) is 22.3 Å². The number of rotatable bonds is 0. The van der Waals surface area contributed by atoms with Crippen LogP contribution >= 0.6 is 12.4 Å². The van der Waals surface area contributed by atoms with Gasteiger partial charge in [-0.25, -0.2) is 0 Å². The number of ether oxygens (including phenoxy) is 2. The fourth-order valence-electron chi connectivity index (χ4n) is 3.91. The Labute approximate surface area is 136 Å². The molecule has 0 spiro atoms.